The average Bonchev–Trinajstić information content (AvgIpc) is 2.38. The highest BCUT2D eigenvalue weighted by Crippen LogP contribution is 2.29. The van der Waals surface area contributed by atoms with Crippen LogP contribution in [0.5, 0.6) is 0 Å². The number of benzene rings is 1. The molecule has 0 heterocycles. The van der Waals surface area contributed by atoms with Crippen LogP contribution in [-0.4, -0.2) is 40.7 Å². The molecule has 0 aromatic heterocycles. The summed E-state index contributed by atoms with van der Waals surface area (Å²) in [5.41, 5.74) is 0. The third-order valence-electron chi connectivity index (χ3n) is 2.42. The van der Waals surface area contributed by atoms with Gasteiger partial charge in [0.2, 0.25) is 5.91 Å². The van der Waals surface area contributed by atoms with E-state index in [1.165, 1.54) is 16.7 Å². The van der Waals surface area contributed by atoms with Crippen LogP contribution in [-0.2, 0) is 9.59 Å². The number of amides is 1. The third-order valence-corrected chi connectivity index (χ3v) is 4.13. The maximum atomic E-state index is 12.0. The Bertz CT molecular complexity index is 497. The number of hydrogen-bond donors (Lipinski definition) is 1. The van der Waals surface area contributed by atoms with E-state index in [0.29, 0.717) is 27.9 Å². The Hall–Kier alpha value is -0.910. The minimum Gasteiger partial charge on any atom is -0.480 e. The first-order valence-corrected chi connectivity index (χ1v) is 7.75. The molecule has 0 bridgehead atoms. The second-order valence-electron chi connectivity index (χ2n) is 4.07. The largest absolute Gasteiger partial charge is 0.480 e. The Kier molecular flexibility index (Phi) is 7.19. The summed E-state index contributed by atoms with van der Waals surface area (Å²) in [6, 6.07) is 5.02. The lowest BCUT2D eigenvalue weighted by molar-refractivity contribution is -0.143. The molecule has 0 unspecified atom stereocenters. The Balaban J connectivity index is 2.64. The monoisotopic (exact) mass is 335 g/mol. The number of carbonyl (C=O) groups is 2. The lowest BCUT2D eigenvalue weighted by Gasteiger charge is -2.19. The van der Waals surface area contributed by atoms with Crippen LogP contribution in [0.25, 0.3) is 0 Å². The standard InChI is InChI=1S/C13H15Cl2NO3S/c1-2-5-16(7-13(18)19)12(17)8-20-11-6-9(14)3-4-10(11)15/h3-4,6H,2,5,7-8H2,1H3,(H,18,19). The number of nitrogens with zero attached hydrogens (tertiary/aromatic N) is 1. The van der Waals surface area contributed by atoms with E-state index in [1.807, 2.05) is 6.92 Å². The summed E-state index contributed by atoms with van der Waals surface area (Å²) in [6.45, 7) is 2.04. The van der Waals surface area contributed by atoms with Crippen molar-refractivity contribution in [2.45, 2.75) is 18.2 Å². The van der Waals surface area contributed by atoms with E-state index in [2.05, 4.69) is 0 Å². The van der Waals surface area contributed by atoms with Crippen LogP contribution in [0.2, 0.25) is 10.0 Å². The van der Waals surface area contributed by atoms with Gasteiger partial charge >= 0.3 is 5.97 Å². The molecule has 0 saturated carbocycles. The smallest absolute Gasteiger partial charge is 0.323 e. The van der Waals surface area contributed by atoms with Crippen LogP contribution in [0, 0.1) is 0 Å². The van der Waals surface area contributed by atoms with Gasteiger partial charge < -0.3 is 10.0 Å². The number of halogens is 2. The van der Waals surface area contributed by atoms with Gasteiger partial charge in [-0.05, 0) is 24.6 Å². The molecule has 1 aromatic rings. The van der Waals surface area contributed by atoms with Gasteiger partial charge in [0.25, 0.3) is 0 Å². The molecular formula is C13H15Cl2NO3S. The summed E-state index contributed by atoms with van der Waals surface area (Å²) in [4.78, 5) is 24.8. The fourth-order valence-corrected chi connectivity index (χ4v) is 2.94. The van der Waals surface area contributed by atoms with Crippen LogP contribution in [0.1, 0.15) is 13.3 Å². The lowest BCUT2D eigenvalue weighted by atomic mass is 10.4. The molecule has 0 fully saturated rings. The Morgan fingerprint density at radius 3 is 2.65 bits per heavy atom. The molecular weight excluding hydrogens is 321 g/mol. The molecule has 110 valence electrons. The quantitative estimate of drug-likeness (QED) is 0.775. The van der Waals surface area contributed by atoms with E-state index < -0.39 is 5.97 Å². The molecule has 4 nitrogen and oxygen atoms in total. The Morgan fingerprint density at radius 1 is 1.35 bits per heavy atom. The molecule has 0 saturated heterocycles. The molecule has 20 heavy (non-hydrogen) atoms. The molecule has 0 aliphatic heterocycles. The first kappa shape index (κ1) is 17.1. The number of thioether (sulfide) groups is 1. The maximum Gasteiger partial charge on any atom is 0.323 e. The molecule has 1 rings (SSSR count). The van der Waals surface area contributed by atoms with Crippen LogP contribution >= 0.6 is 35.0 Å². The second-order valence-corrected chi connectivity index (χ2v) is 5.93. The zero-order valence-corrected chi connectivity index (χ0v) is 13.3. The number of hydrogen-bond acceptors (Lipinski definition) is 3. The van der Waals surface area contributed by atoms with Crippen molar-refractivity contribution in [2.75, 3.05) is 18.8 Å². The predicted molar refractivity (Wildman–Crippen MR) is 81.7 cm³/mol. The van der Waals surface area contributed by atoms with Crippen molar-refractivity contribution in [1.29, 1.82) is 0 Å². The van der Waals surface area contributed by atoms with E-state index in [0.717, 1.165) is 0 Å². The van der Waals surface area contributed by atoms with Gasteiger partial charge in [0.15, 0.2) is 0 Å². The molecule has 0 aliphatic rings. The highest BCUT2D eigenvalue weighted by molar-refractivity contribution is 8.00. The van der Waals surface area contributed by atoms with Crippen LogP contribution in [0.15, 0.2) is 23.1 Å². The molecule has 7 heteroatoms. The molecule has 0 aliphatic carbocycles. The van der Waals surface area contributed by atoms with E-state index in [1.54, 1.807) is 18.2 Å². The zero-order valence-electron chi connectivity index (χ0n) is 10.9. The van der Waals surface area contributed by atoms with E-state index in [4.69, 9.17) is 28.3 Å². The van der Waals surface area contributed by atoms with E-state index in [-0.39, 0.29) is 18.2 Å². The van der Waals surface area contributed by atoms with Gasteiger partial charge in [-0.15, -0.1) is 11.8 Å². The molecule has 0 spiro atoms. The van der Waals surface area contributed by atoms with Crippen LogP contribution in [0.3, 0.4) is 0 Å². The summed E-state index contributed by atoms with van der Waals surface area (Å²) in [5.74, 6) is -1.11. The van der Waals surface area contributed by atoms with Crippen molar-refractivity contribution in [3.8, 4) is 0 Å². The Labute approximate surface area is 132 Å². The normalized spacial score (nSPS) is 10.3. The summed E-state index contributed by atoms with van der Waals surface area (Å²) >= 11 is 13.1. The minimum atomic E-state index is -1.02. The van der Waals surface area contributed by atoms with Crippen molar-refractivity contribution in [3.63, 3.8) is 0 Å². The van der Waals surface area contributed by atoms with Gasteiger partial charge in [0.05, 0.1) is 10.8 Å². The summed E-state index contributed by atoms with van der Waals surface area (Å²) in [7, 11) is 0. The van der Waals surface area contributed by atoms with Gasteiger partial charge in [0.1, 0.15) is 6.54 Å². The SMILES string of the molecule is CCCN(CC(=O)O)C(=O)CSc1cc(Cl)ccc1Cl. The zero-order chi connectivity index (χ0) is 15.1. The molecule has 0 radical (unpaired) electrons. The second kappa shape index (κ2) is 8.39. The fraction of sp³-hybridized carbons (Fsp3) is 0.385. The molecule has 1 aromatic carbocycles. The van der Waals surface area contributed by atoms with Gasteiger partial charge in [0, 0.05) is 16.5 Å². The topological polar surface area (TPSA) is 57.6 Å². The van der Waals surface area contributed by atoms with Crippen LogP contribution in [0.4, 0.5) is 0 Å². The number of carboxylic acid groups (broad SMARTS) is 1. The van der Waals surface area contributed by atoms with Crippen molar-refractivity contribution in [2.24, 2.45) is 0 Å². The minimum absolute atomic E-state index is 0.132. The maximum absolute atomic E-state index is 12.0. The Morgan fingerprint density at radius 2 is 2.05 bits per heavy atom. The average molecular weight is 336 g/mol. The molecule has 1 N–H and O–H groups in total. The van der Waals surface area contributed by atoms with Gasteiger partial charge in [-0.25, -0.2) is 0 Å². The van der Waals surface area contributed by atoms with Crippen molar-refractivity contribution < 1.29 is 14.7 Å². The molecule has 0 atom stereocenters. The first-order valence-electron chi connectivity index (χ1n) is 6.01. The molecule has 1 amide bonds. The first-order chi connectivity index (χ1) is 9.43. The van der Waals surface area contributed by atoms with E-state index >= 15 is 0 Å². The number of carbonyl (C=O) groups excluding carboxylic acids is 1. The van der Waals surface area contributed by atoms with Crippen molar-refractivity contribution in [3.05, 3.63) is 28.2 Å². The summed E-state index contributed by atoms with van der Waals surface area (Å²) < 4.78 is 0. The summed E-state index contributed by atoms with van der Waals surface area (Å²) in [6.07, 6.45) is 0.710. The van der Waals surface area contributed by atoms with Crippen molar-refractivity contribution >= 4 is 46.8 Å². The van der Waals surface area contributed by atoms with Crippen molar-refractivity contribution in [1.82, 2.24) is 4.90 Å². The van der Waals surface area contributed by atoms with Gasteiger partial charge in [-0.2, -0.15) is 0 Å². The van der Waals surface area contributed by atoms with Crippen LogP contribution < -0.4 is 0 Å². The lowest BCUT2D eigenvalue weighted by Crippen LogP contribution is -2.37. The highest BCUT2D eigenvalue weighted by atomic mass is 35.5. The fourth-order valence-electron chi connectivity index (χ4n) is 1.54. The highest BCUT2D eigenvalue weighted by Gasteiger charge is 2.16. The number of aliphatic carboxylic acids is 1. The number of rotatable bonds is 7. The number of carboxylic acids is 1. The van der Waals surface area contributed by atoms with Gasteiger partial charge in [-0.3, -0.25) is 9.59 Å². The summed E-state index contributed by atoms with van der Waals surface area (Å²) in [5, 5.41) is 9.85. The van der Waals surface area contributed by atoms with Gasteiger partial charge in [-0.1, -0.05) is 30.1 Å². The third kappa shape index (κ3) is 5.61. The predicted octanol–water partition coefficient (Wildman–Crippen LogP) is 3.41. The van der Waals surface area contributed by atoms with E-state index in [9.17, 15) is 9.59 Å².